The molecule has 1 amide bonds. The zero-order valence-corrected chi connectivity index (χ0v) is 20.7. The summed E-state index contributed by atoms with van der Waals surface area (Å²) >= 11 is 0. The second kappa shape index (κ2) is 12.4. The van der Waals surface area contributed by atoms with Crippen LogP contribution in [0.1, 0.15) is 23.8 Å². The number of halogens is 1. The van der Waals surface area contributed by atoms with Gasteiger partial charge in [0.05, 0.1) is 6.26 Å². The Labute approximate surface area is 200 Å². The Bertz CT molecular complexity index is 979. The summed E-state index contributed by atoms with van der Waals surface area (Å²) in [6, 6.07) is 10.3. The van der Waals surface area contributed by atoms with Crippen LogP contribution in [-0.4, -0.2) is 55.5 Å². The van der Waals surface area contributed by atoms with Crippen LogP contribution in [0.5, 0.6) is 0 Å². The van der Waals surface area contributed by atoms with Gasteiger partial charge in [-0.1, -0.05) is 25.1 Å². The number of nitrogens with one attached hydrogen (secondary N) is 3. The first kappa shape index (κ1) is 24.8. The third kappa shape index (κ3) is 7.02. The van der Waals surface area contributed by atoms with E-state index in [0.29, 0.717) is 19.0 Å². The van der Waals surface area contributed by atoms with Crippen LogP contribution in [0.15, 0.2) is 52.2 Å². The molecule has 7 nitrogen and oxygen atoms in total. The Kier molecular flexibility index (Phi) is 9.90. The van der Waals surface area contributed by atoms with Crippen LogP contribution in [0.3, 0.4) is 0 Å². The van der Waals surface area contributed by atoms with Gasteiger partial charge in [-0.25, -0.2) is 4.99 Å². The number of aliphatic imine (C=N–C) groups is 1. The Hall–Kier alpha value is -2.49. The molecule has 3 rings (SSSR count). The summed E-state index contributed by atoms with van der Waals surface area (Å²) in [5.41, 5.74) is 3.82. The minimum atomic E-state index is -0.0362. The van der Waals surface area contributed by atoms with Gasteiger partial charge < -0.3 is 24.9 Å². The van der Waals surface area contributed by atoms with Gasteiger partial charge in [-0.05, 0) is 36.1 Å². The monoisotopic (exact) mass is 537 g/mol. The van der Waals surface area contributed by atoms with E-state index in [4.69, 9.17) is 4.42 Å². The van der Waals surface area contributed by atoms with E-state index < -0.39 is 0 Å². The minimum Gasteiger partial charge on any atom is -0.469 e. The molecule has 1 aromatic carbocycles. The number of carbonyl (C=O) groups excluding carboxylic acids is 1. The highest BCUT2D eigenvalue weighted by atomic mass is 127. The molecule has 0 aliphatic heterocycles. The number of nitrogens with zero attached hydrogens (tertiary/aromatic N) is 2. The molecule has 0 atom stereocenters. The molecule has 0 bridgehead atoms. The largest absolute Gasteiger partial charge is 0.469 e. The van der Waals surface area contributed by atoms with Gasteiger partial charge in [0.1, 0.15) is 12.3 Å². The highest BCUT2D eigenvalue weighted by Gasteiger charge is 2.08. The highest BCUT2D eigenvalue weighted by Crippen LogP contribution is 2.22. The molecule has 31 heavy (non-hydrogen) atoms. The lowest BCUT2D eigenvalue weighted by molar-refractivity contribution is -0.127. The lowest BCUT2D eigenvalue weighted by Gasteiger charge is -2.13. The van der Waals surface area contributed by atoms with E-state index in [2.05, 4.69) is 51.9 Å². The van der Waals surface area contributed by atoms with Gasteiger partial charge in [0.15, 0.2) is 5.96 Å². The second-order valence-corrected chi connectivity index (χ2v) is 7.39. The Morgan fingerprint density at radius 1 is 1.10 bits per heavy atom. The smallest absolute Gasteiger partial charge is 0.243 e. The van der Waals surface area contributed by atoms with Gasteiger partial charge in [0.25, 0.3) is 0 Å². The van der Waals surface area contributed by atoms with Crippen LogP contribution in [-0.2, 0) is 24.1 Å². The zero-order chi connectivity index (χ0) is 21.3. The fraction of sp³-hybridized carbons (Fsp3) is 0.391. The molecule has 0 radical (unpaired) electrons. The van der Waals surface area contributed by atoms with Gasteiger partial charge in [0, 0.05) is 50.7 Å². The van der Waals surface area contributed by atoms with Crippen molar-refractivity contribution < 1.29 is 9.21 Å². The molecule has 8 heteroatoms. The molecule has 2 heterocycles. The predicted octanol–water partition coefficient (Wildman–Crippen LogP) is 3.35. The fourth-order valence-electron chi connectivity index (χ4n) is 3.31. The molecule has 0 fully saturated rings. The lowest BCUT2D eigenvalue weighted by Crippen LogP contribution is -2.40. The molecule has 0 saturated heterocycles. The van der Waals surface area contributed by atoms with Crippen molar-refractivity contribution in [2.24, 2.45) is 4.99 Å². The third-order valence-corrected chi connectivity index (χ3v) is 5.07. The summed E-state index contributed by atoms with van der Waals surface area (Å²) in [6.07, 6.45) is 6.36. The molecular weight excluding hydrogens is 505 g/mol. The van der Waals surface area contributed by atoms with Crippen molar-refractivity contribution in [2.45, 2.75) is 26.2 Å². The number of furan rings is 1. The minimum absolute atomic E-state index is 0. The molecule has 0 aliphatic carbocycles. The van der Waals surface area contributed by atoms with E-state index >= 15 is 0 Å². The molecule has 2 aromatic heterocycles. The number of amides is 1. The topological polar surface area (TPSA) is 85.7 Å². The van der Waals surface area contributed by atoms with Crippen molar-refractivity contribution >= 4 is 46.7 Å². The van der Waals surface area contributed by atoms with Crippen LogP contribution >= 0.6 is 24.0 Å². The molecule has 0 aliphatic rings. The maximum atomic E-state index is 11.9. The summed E-state index contributed by atoms with van der Waals surface area (Å²) in [4.78, 5) is 21.3. The average molecular weight is 537 g/mol. The number of para-hydroxylation sites is 1. The van der Waals surface area contributed by atoms with Crippen LogP contribution in [0, 0.1) is 0 Å². The molecule has 0 saturated carbocycles. The Morgan fingerprint density at radius 3 is 2.55 bits per heavy atom. The maximum absolute atomic E-state index is 11.9. The van der Waals surface area contributed by atoms with Crippen molar-refractivity contribution in [1.82, 2.24) is 20.5 Å². The van der Waals surface area contributed by atoms with E-state index in [-0.39, 0.29) is 36.4 Å². The predicted molar refractivity (Wildman–Crippen MR) is 136 cm³/mol. The number of benzene rings is 1. The molecule has 168 valence electrons. The summed E-state index contributed by atoms with van der Waals surface area (Å²) in [7, 11) is 3.47. The standard InChI is InChI=1S/C23H31N5O2.HI/c1-4-17-7-5-9-20-18(15-26-22(17)20)10-12-24-23(27-16-21(29)28(2)3)25-13-11-19-8-6-14-30-19;/h5-9,14-15,26H,4,10-13,16H2,1-3H3,(H2,24,25,27);1H. The van der Waals surface area contributed by atoms with Gasteiger partial charge in [-0.3, -0.25) is 4.79 Å². The summed E-state index contributed by atoms with van der Waals surface area (Å²) in [5.74, 6) is 1.51. The van der Waals surface area contributed by atoms with Crippen molar-refractivity contribution in [1.29, 1.82) is 0 Å². The maximum Gasteiger partial charge on any atom is 0.243 e. The number of hydrogen-bond donors (Lipinski definition) is 3. The number of guanidine groups is 1. The Balaban J connectivity index is 0.00000341. The lowest BCUT2D eigenvalue weighted by atomic mass is 10.1. The Morgan fingerprint density at radius 2 is 1.87 bits per heavy atom. The van der Waals surface area contributed by atoms with E-state index in [9.17, 15) is 4.79 Å². The quantitative estimate of drug-likeness (QED) is 0.222. The summed E-state index contributed by atoms with van der Waals surface area (Å²) in [6.45, 7) is 3.66. The first-order valence-corrected chi connectivity index (χ1v) is 10.4. The number of hydrogen-bond acceptors (Lipinski definition) is 3. The van der Waals surface area contributed by atoms with Crippen molar-refractivity contribution in [3.8, 4) is 0 Å². The second-order valence-electron chi connectivity index (χ2n) is 7.39. The molecule has 3 aromatic rings. The molecule has 0 spiro atoms. The summed E-state index contributed by atoms with van der Waals surface area (Å²) in [5, 5.41) is 7.90. The van der Waals surface area contributed by atoms with Crippen molar-refractivity contribution in [3.63, 3.8) is 0 Å². The van der Waals surface area contributed by atoms with Crippen molar-refractivity contribution in [2.75, 3.05) is 33.7 Å². The molecule has 3 N–H and O–H groups in total. The third-order valence-electron chi connectivity index (χ3n) is 5.07. The van der Waals surface area contributed by atoms with Gasteiger partial charge in [-0.15, -0.1) is 24.0 Å². The van der Waals surface area contributed by atoms with E-state index in [1.54, 1.807) is 25.3 Å². The van der Waals surface area contributed by atoms with Crippen LogP contribution in [0.25, 0.3) is 10.9 Å². The van der Waals surface area contributed by atoms with Crippen LogP contribution in [0.2, 0.25) is 0 Å². The molecule has 0 unspecified atom stereocenters. The normalized spacial score (nSPS) is 11.3. The van der Waals surface area contributed by atoms with Gasteiger partial charge in [0.2, 0.25) is 5.91 Å². The number of aromatic nitrogens is 1. The van der Waals surface area contributed by atoms with E-state index in [0.717, 1.165) is 25.0 Å². The number of fused-ring (bicyclic) bond motifs is 1. The first-order valence-electron chi connectivity index (χ1n) is 10.4. The summed E-state index contributed by atoms with van der Waals surface area (Å²) < 4.78 is 5.37. The van der Waals surface area contributed by atoms with Crippen LogP contribution < -0.4 is 10.6 Å². The number of likely N-dealkylation sites (N-methyl/N-ethyl adjacent to an activating group) is 1. The van der Waals surface area contributed by atoms with Crippen molar-refractivity contribution in [3.05, 3.63) is 59.7 Å². The first-order chi connectivity index (χ1) is 14.6. The number of H-pyrrole nitrogens is 1. The number of aromatic amines is 1. The van der Waals surface area contributed by atoms with E-state index in [1.807, 2.05) is 12.1 Å². The number of aryl methyl sites for hydroxylation is 1. The van der Waals surface area contributed by atoms with Gasteiger partial charge in [-0.2, -0.15) is 0 Å². The van der Waals surface area contributed by atoms with Crippen LogP contribution in [0.4, 0.5) is 0 Å². The molecular formula is C23H32IN5O2. The fourth-order valence-corrected chi connectivity index (χ4v) is 3.31. The van der Waals surface area contributed by atoms with E-state index in [1.165, 1.54) is 22.0 Å². The number of rotatable bonds is 9. The highest BCUT2D eigenvalue weighted by molar-refractivity contribution is 14.0. The number of carbonyl (C=O) groups is 1. The SMILES string of the molecule is CCc1cccc2c(CCNC(=NCC(=O)N(C)C)NCCc3ccco3)c[nH]c12.I. The average Bonchev–Trinajstić information content (AvgIpc) is 3.41. The van der Waals surface area contributed by atoms with Gasteiger partial charge >= 0.3 is 0 Å². The zero-order valence-electron chi connectivity index (χ0n) is 18.4.